The molecule has 0 radical (unpaired) electrons. The molecule has 0 fully saturated rings. The summed E-state index contributed by atoms with van der Waals surface area (Å²) in [7, 11) is -3.96. The van der Waals surface area contributed by atoms with Gasteiger partial charge < -0.3 is 19.8 Å². The lowest BCUT2D eigenvalue weighted by Crippen LogP contribution is -2.48. The maximum absolute atomic E-state index is 12.4. The predicted octanol–water partition coefficient (Wildman–Crippen LogP) is 2.07. The van der Waals surface area contributed by atoms with Gasteiger partial charge in [-0.05, 0) is 35.7 Å². The third kappa shape index (κ3) is 5.93. The molecule has 0 bridgehead atoms. The summed E-state index contributed by atoms with van der Waals surface area (Å²) in [5.74, 6) is -1.21. The van der Waals surface area contributed by atoms with E-state index in [-0.39, 0.29) is 18.7 Å². The van der Waals surface area contributed by atoms with Crippen LogP contribution in [0.25, 0.3) is 11.0 Å². The normalized spacial score (nSPS) is 12.6. The van der Waals surface area contributed by atoms with Crippen LogP contribution in [0.15, 0.2) is 63.6 Å². The van der Waals surface area contributed by atoms with Crippen LogP contribution >= 0.6 is 0 Å². The molecule has 3 N–H and O–H groups in total. The number of carbonyl (C=O) groups is 1. The fourth-order valence-corrected chi connectivity index (χ4v) is 3.66. The Morgan fingerprint density at radius 3 is 2.52 bits per heavy atom. The Kier molecular flexibility index (Phi) is 6.41. The molecule has 9 heteroatoms. The molecule has 152 valence electrons. The highest BCUT2D eigenvalue weighted by Gasteiger charge is 2.27. The molecule has 3 aromatic rings. The maximum Gasteiger partial charge on any atom is 0.475 e. The van der Waals surface area contributed by atoms with E-state index in [9.17, 15) is 19.1 Å². The zero-order chi connectivity index (χ0) is 21.0. The minimum Gasteiger partial charge on any atom is -0.464 e. The number of rotatable bonds is 7. The monoisotopic (exact) mass is 414 g/mol. The van der Waals surface area contributed by atoms with Gasteiger partial charge in [-0.2, -0.15) is 4.36 Å². The highest BCUT2D eigenvalue weighted by Crippen LogP contribution is 2.22. The Hall–Kier alpha value is -2.62. The van der Waals surface area contributed by atoms with E-state index < -0.39 is 22.8 Å². The second-order valence-corrected chi connectivity index (χ2v) is 9.71. The highest BCUT2D eigenvalue weighted by molar-refractivity contribution is 7.92. The third-order valence-electron chi connectivity index (χ3n) is 4.33. The number of carbonyl (C=O) groups excluding carboxylic acids is 1. The SMILES string of the molecule is CS(C)(=O)=Nc1ccc(CC(=O)N[C@@H](Cc2coc3ccccc23)B(O)O)cc1. The van der Waals surface area contributed by atoms with Gasteiger partial charge in [-0.1, -0.05) is 30.3 Å². The minimum absolute atomic E-state index is 0.0727. The van der Waals surface area contributed by atoms with E-state index in [2.05, 4.69) is 9.68 Å². The van der Waals surface area contributed by atoms with E-state index in [1.54, 1.807) is 43.0 Å². The molecular formula is C20H23BN2O5S. The molecule has 1 heterocycles. The zero-order valence-corrected chi connectivity index (χ0v) is 17.1. The molecule has 1 amide bonds. The fourth-order valence-electron chi connectivity index (χ4n) is 3.03. The van der Waals surface area contributed by atoms with Gasteiger partial charge in [0.25, 0.3) is 0 Å². The van der Waals surface area contributed by atoms with E-state index in [1.165, 1.54) is 0 Å². The summed E-state index contributed by atoms with van der Waals surface area (Å²) >= 11 is 0. The van der Waals surface area contributed by atoms with Gasteiger partial charge in [0.2, 0.25) is 5.91 Å². The summed E-state index contributed by atoms with van der Waals surface area (Å²) < 4.78 is 21.3. The van der Waals surface area contributed by atoms with Gasteiger partial charge in [0.15, 0.2) is 0 Å². The molecule has 0 aliphatic heterocycles. The zero-order valence-electron chi connectivity index (χ0n) is 16.2. The standard InChI is InChI=1S/C20H23BN2O5S/c1-29(2,27)23-16-9-7-14(8-10-16)11-20(24)22-19(21(25)26)12-15-13-28-18-6-4-3-5-17(15)18/h3-10,13,19,25-26H,11-12H2,1-2H3,(H,22,24)/t19-/m0/s1. The number of hydrogen-bond acceptors (Lipinski definition) is 6. The third-order valence-corrected chi connectivity index (χ3v) is 4.98. The lowest BCUT2D eigenvalue weighted by Gasteiger charge is -2.17. The fraction of sp³-hybridized carbons (Fsp3) is 0.250. The first kappa shape index (κ1) is 21.1. The molecule has 1 atom stereocenters. The molecule has 2 aromatic carbocycles. The van der Waals surface area contributed by atoms with Crippen molar-refractivity contribution < 1.29 is 23.5 Å². The van der Waals surface area contributed by atoms with E-state index in [4.69, 9.17) is 4.42 Å². The molecule has 0 saturated carbocycles. The van der Waals surface area contributed by atoms with E-state index in [0.29, 0.717) is 11.3 Å². The summed E-state index contributed by atoms with van der Waals surface area (Å²) in [6, 6.07) is 14.3. The molecule has 1 aromatic heterocycles. The van der Waals surface area contributed by atoms with E-state index in [0.717, 1.165) is 16.5 Å². The molecule has 0 saturated heterocycles. The number of nitrogens with one attached hydrogen (secondary N) is 1. The predicted molar refractivity (Wildman–Crippen MR) is 114 cm³/mol. The van der Waals surface area contributed by atoms with Gasteiger partial charge in [0.1, 0.15) is 5.58 Å². The Morgan fingerprint density at radius 2 is 1.86 bits per heavy atom. The van der Waals surface area contributed by atoms with Crippen molar-refractivity contribution >= 4 is 39.4 Å². The van der Waals surface area contributed by atoms with Crippen LogP contribution in [0.1, 0.15) is 11.1 Å². The average molecular weight is 414 g/mol. The van der Waals surface area contributed by atoms with Crippen LogP contribution in [0, 0.1) is 0 Å². The van der Waals surface area contributed by atoms with Crippen LogP contribution in [-0.4, -0.2) is 45.7 Å². The largest absolute Gasteiger partial charge is 0.475 e. The van der Waals surface area contributed by atoms with Gasteiger partial charge in [-0.3, -0.25) is 4.79 Å². The first-order valence-electron chi connectivity index (χ1n) is 9.08. The summed E-state index contributed by atoms with van der Waals surface area (Å²) in [5, 5.41) is 23.0. The quantitative estimate of drug-likeness (QED) is 0.513. The smallest absolute Gasteiger partial charge is 0.464 e. The van der Waals surface area contributed by atoms with Gasteiger partial charge in [-0.25, -0.2) is 4.21 Å². The van der Waals surface area contributed by atoms with E-state index in [1.807, 2.05) is 24.3 Å². The van der Waals surface area contributed by atoms with Gasteiger partial charge >= 0.3 is 7.12 Å². The first-order chi connectivity index (χ1) is 13.7. The molecule has 7 nitrogen and oxygen atoms in total. The van der Waals surface area contributed by atoms with Crippen molar-refractivity contribution in [2.75, 3.05) is 12.5 Å². The number of hydrogen-bond donors (Lipinski definition) is 3. The van der Waals surface area contributed by atoms with Crippen molar-refractivity contribution in [2.24, 2.45) is 4.36 Å². The Balaban J connectivity index is 1.66. The molecule has 3 rings (SSSR count). The molecule has 0 unspecified atom stereocenters. The summed E-state index contributed by atoms with van der Waals surface area (Å²) in [5.41, 5.74) is 2.81. The highest BCUT2D eigenvalue weighted by atomic mass is 32.2. The van der Waals surface area contributed by atoms with E-state index >= 15 is 0 Å². The Bertz CT molecular complexity index is 1110. The summed E-state index contributed by atoms with van der Waals surface area (Å²) in [6.07, 6.45) is 4.96. The molecule has 0 aliphatic carbocycles. The number of furan rings is 1. The van der Waals surface area contributed by atoms with Crippen molar-refractivity contribution in [1.29, 1.82) is 0 Å². The maximum atomic E-state index is 12.4. The Labute approximate surface area is 170 Å². The van der Waals surface area contributed by atoms with Gasteiger partial charge in [0, 0.05) is 27.6 Å². The van der Waals surface area contributed by atoms with Gasteiger partial charge in [0.05, 0.1) is 24.3 Å². The second kappa shape index (κ2) is 8.81. The van der Waals surface area contributed by atoms with Gasteiger partial charge in [-0.15, -0.1) is 0 Å². The minimum atomic E-state index is -2.25. The number of fused-ring (bicyclic) bond motifs is 1. The van der Waals surface area contributed by atoms with Crippen molar-refractivity contribution in [3.63, 3.8) is 0 Å². The molecule has 29 heavy (non-hydrogen) atoms. The summed E-state index contributed by atoms with van der Waals surface area (Å²) in [4.78, 5) is 12.4. The van der Waals surface area contributed by atoms with Crippen molar-refractivity contribution in [3.05, 3.63) is 65.9 Å². The van der Waals surface area contributed by atoms with Crippen LogP contribution in [0.4, 0.5) is 5.69 Å². The van der Waals surface area contributed by atoms with Crippen LogP contribution in [0.2, 0.25) is 0 Å². The molecule has 0 spiro atoms. The average Bonchev–Trinajstić information content (AvgIpc) is 3.04. The summed E-state index contributed by atoms with van der Waals surface area (Å²) in [6.45, 7) is 0. The van der Waals surface area contributed by atoms with Crippen molar-refractivity contribution in [2.45, 2.75) is 18.8 Å². The lowest BCUT2D eigenvalue weighted by atomic mass is 9.75. The first-order valence-corrected chi connectivity index (χ1v) is 11.4. The molecular weight excluding hydrogens is 391 g/mol. The van der Waals surface area contributed by atoms with Crippen LogP contribution < -0.4 is 5.32 Å². The van der Waals surface area contributed by atoms with Crippen molar-refractivity contribution in [1.82, 2.24) is 5.32 Å². The second-order valence-electron chi connectivity index (χ2n) is 7.16. The number of benzene rings is 2. The lowest BCUT2D eigenvalue weighted by molar-refractivity contribution is -0.120. The van der Waals surface area contributed by atoms with Crippen LogP contribution in [0.5, 0.6) is 0 Å². The number of para-hydroxylation sites is 1. The van der Waals surface area contributed by atoms with Crippen LogP contribution in [-0.2, 0) is 27.4 Å². The number of nitrogens with zero attached hydrogens (tertiary/aromatic N) is 1. The van der Waals surface area contributed by atoms with Crippen LogP contribution in [0.3, 0.4) is 0 Å². The Morgan fingerprint density at radius 1 is 1.17 bits per heavy atom. The molecule has 0 aliphatic rings. The topological polar surface area (TPSA) is 112 Å². The number of amides is 1. The van der Waals surface area contributed by atoms with Crippen molar-refractivity contribution in [3.8, 4) is 0 Å².